The van der Waals surface area contributed by atoms with E-state index in [-0.39, 0.29) is 23.2 Å². The van der Waals surface area contributed by atoms with Crippen LogP contribution in [0.2, 0.25) is 0 Å². The first-order chi connectivity index (χ1) is 19.8. The smallest absolute Gasteiger partial charge is 0.257 e. The highest BCUT2D eigenvalue weighted by Crippen LogP contribution is 2.34. The molecule has 208 valence electrons. The molecular weight excluding hydrogens is 532 g/mol. The summed E-state index contributed by atoms with van der Waals surface area (Å²) in [4.78, 5) is 35.3. The zero-order valence-electron chi connectivity index (χ0n) is 22.5. The van der Waals surface area contributed by atoms with Crippen LogP contribution in [0.4, 0.5) is 8.78 Å². The van der Waals surface area contributed by atoms with Gasteiger partial charge in [-0.2, -0.15) is 0 Å². The third-order valence-corrected chi connectivity index (χ3v) is 6.61. The number of fused-ring (bicyclic) bond motifs is 1. The van der Waals surface area contributed by atoms with Crippen molar-refractivity contribution in [1.82, 2.24) is 14.5 Å². The van der Waals surface area contributed by atoms with Crippen LogP contribution >= 0.6 is 0 Å². The molecule has 0 radical (unpaired) electrons. The molecule has 0 N–H and O–H groups in total. The van der Waals surface area contributed by atoms with Gasteiger partial charge in [-0.05, 0) is 35.4 Å². The maximum atomic E-state index is 13.9. The molecule has 0 atom stereocenters. The molecule has 0 aliphatic rings. The Morgan fingerprint density at radius 3 is 2.37 bits per heavy atom. The predicted molar refractivity (Wildman–Crippen MR) is 149 cm³/mol. The molecule has 0 bridgehead atoms. The van der Waals surface area contributed by atoms with Crippen molar-refractivity contribution in [3.8, 4) is 34.3 Å². The van der Waals surface area contributed by atoms with Crippen LogP contribution < -0.4 is 19.6 Å². The first-order valence-corrected chi connectivity index (χ1v) is 12.5. The van der Waals surface area contributed by atoms with Crippen LogP contribution in [0.1, 0.15) is 21.6 Å². The number of carbonyl (C=O) groups is 1. The largest absolute Gasteiger partial charge is 0.491 e. The predicted octanol–water partition coefficient (Wildman–Crippen LogP) is 5.84. The van der Waals surface area contributed by atoms with Crippen LogP contribution in [-0.2, 0) is 20.1 Å². The van der Waals surface area contributed by atoms with E-state index >= 15 is 0 Å². The molecule has 0 amide bonds. The van der Waals surface area contributed by atoms with Crippen molar-refractivity contribution in [2.24, 2.45) is 7.05 Å². The number of hydrogen-bond donors (Lipinski definition) is 0. The topological polar surface area (TPSA) is 92.5 Å². The fourth-order valence-corrected chi connectivity index (χ4v) is 4.52. The number of halogens is 2. The molecule has 0 saturated carbocycles. The average Bonchev–Trinajstić information content (AvgIpc) is 2.98. The quantitative estimate of drug-likeness (QED) is 0.210. The Labute approximate surface area is 233 Å². The lowest BCUT2D eigenvalue weighted by atomic mass is 9.97. The van der Waals surface area contributed by atoms with E-state index in [1.54, 1.807) is 49.6 Å². The van der Waals surface area contributed by atoms with E-state index in [0.29, 0.717) is 45.3 Å². The zero-order valence-corrected chi connectivity index (χ0v) is 22.5. The lowest BCUT2D eigenvalue weighted by molar-refractivity contribution is 0.0991. The Morgan fingerprint density at radius 2 is 1.71 bits per heavy atom. The molecule has 0 spiro atoms. The van der Waals surface area contributed by atoms with Gasteiger partial charge in [0.1, 0.15) is 23.8 Å². The summed E-state index contributed by atoms with van der Waals surface area (Å²) in [7, 11) is 4.56. The summed E-state index contributed by atoms with van der Waals surface area (Å²) in [6.45, 7) is -0.920. The van der Waals surface area contributed by atoms with E-state index in [9.17, 15) is 18.4 Å². The molecule has 2 aromatic carbocycles. The number of alkyl halides is 1. The minimum absolute atomic E-state index is 0.0389. The fraction of sp³-hybridized carbons (Fsp3) is 0.161. The molecule has 8 nitrogen and oxygen atoms in total. The van der Waals surface area contributed by atoms with Crippen molar-refractivity contribution in [2.45, 2.75) is 13.1 Å². The van der Waals surface area contributed by atoms with Gasteiger partial charge in [0.2, 0.25) is 5.43 Å². The molecule has 0 aliphatic carbocycles. The van der Waals surface area contributed by atoms with E-state index in [1.165, 1.54) is 49.2 Å². The van der Waals surface area contributed by atoms with E-state index in [0.717, 1.165) is 0 Å². The third-order valence-electron chi connectivity index (χ3n) is 6.61. The van der Waals surface area contributed by atoms with Crippen LogP contribution in [0.25, 0.3) is 22.2 Å². The van der Waals surface area contributed by atoms with Gasteiger partial charge in [-0.15, -0.1) is 0 Å². The summed E-state index contributed by atoms with van der Waals surface area (Å²) in [5, 5.41) is 0. The number of benzene rings is 2. The summed E-state index contributed by atoms with van der Waals surface area (Å²) in [5.41, 5.74) is 1.48. The summed E-state index contributed by atoms with van der Waals surface area (Å²) < 4.78 is 45.4. The highest BCUT2D eigenvalue weighted by Gasteiger charge is 2.21. The van der Waals surface area contributed by atoms with Crippen LogP contribution in [0.3, 0.4) is 0 Å². The van der Waals surface area contributed by atoms with Crippen molar-refractivity contribution in [2.75, 3.05) is 14.2 Å². The Kier molecular flexibility index (Phi) is 7.73. The number of aryl methyl sites for hydroxylation is 1. The first-order valence-electron chi connectivity index (χ1n) is 12.5. The highest BCUT2D eigenvalue weighted by atomic mass is 19.1. The fourth-order valence-electron chi connectivity index (χ4n) is 4.52. The van der Waals surface area contributed by atoms with E-state index in [2.05, 4.69) is 9.97 Å². The first kappa shape index (κ1) is 27.4. The van der Waals surface area contributed by atoms with Crippen molar-refractivity contribution < 1.29 is 27.8 Å². The molecular formula is C31H25F2N3O5. The van der Waals surface area contributed by atoms with E-state index in [4.69, 9.17) is 14.2 Å². The number of methoxy groups -OCH3 is 2. The molecule has 3 aromatic heterocycles. The molecule has 0 unspecified atom stereocenters. The van der Waals surface area contributed by atoms with Crippen LogP contribution in [0.15, 0.2) is 77.9 Å². The van der Waals surface area contributed by atoms with Gasteiger partial charge in [-0.1, -0.05) is 24.3 Å². The normalized spacial score (nSPS) is 11.0. The van der Waals surface area contributed by atoms with Gasteiger partial charge in [0.15, 0.2) is 17.3 Å². The molecule has 0 saturated heterocycles. The zero-order chi connectivity index (χ0) is 29.1. The maximum absolute atomic E-state index is 13.9. The van der Waals surface area contributed by atoms with Gasteiger partial charge in [0.05, 0.1) is 36.6 Å². The molecule has 10 heteroatoms. The van der Waals surface area contributed by atoms with Crippen molar-refractivity contribution in [3.05, 3.63) is 106 Å². The van der Waals surface area contributed by atoms with Gasteiger partial charge < -0.3 is 18.8 Å². The lowest BCUT2D eigenvalue weighted by Crippen LogP contribution is -2.23. The Bertz CT molecular complexity index is 1800. The average molecular weight is 558 g/mol. The van der Waals surface area contributed by atoms with Gasteiger partial charge in [0, 0.05) is 38.0 Å². The van der Waals surface area contributed by atoms with Gasteiger partial charge in [-0.25, -0.2) is 13.8 Å². The van der Waals surface area contributed by atoms with E-state index < -0.39 is 23.7 Å². The van der Waals surface area contributed by atoms with Crippen LogP contribution in [-0.4, -0.2) is 34.5 Å². The standard InChI is InChI=1S/C31H25F2N3O5/c1-36-17-22(30(38)28(24(36)16-32)19-6-8-20(33)9-7-19)25(37)14-18-4-10-21(11-5-18)41-26-12-13-34-23-15-27(39-2)31(40-3)35-29(23)26/h4-13,15,17H,14,16H2,1-3H3. The van der Waals surface area contributed by atoms with Crippen molar-refractivity contribution in [3.63, 3.8) is 0 Å². The van der Waals surface area contributed by atoms with E-state index in [1.807, 2.05) is 0 Å². The van der Waals surface area contributed by atoms with Gasteiger partial charge >= 0.3 is 0 Å². The minimum atomic E-state index is -0.920. The number of pyridine rings is 3. The van der Waals surface area contributed by atoms with Crippen molar-refractivity contribution >= 4 is 16.8 Å². The second kappa shape index (κ2) is 11.5. The minimum Gasteiger partial charge on any atom is -0.491 e. The number of rotatable bonds is 9. The number of Topliss-reactive ketones (excluding diaryl/α,β-unsaturated/α-hetero) is 1. The number of ether oxygens (including phenoxy) is 3. The highest BCUT2D eigenvalue weighted by molar-refractivity contribution is 5.98. The van der Waals surface area contributed by atoms with Gasteiger partial charge in [-0.3, -0.25) is 14.6 Å². The summed E-state index contributed by atoms with van der Waals surface area (Å²) in [6.07, 6.45) is 2.87. The Morgan fingerprint density at radius 1 is 0.976 bits per heavy atom. The SMILES string of the molecule is COc1cc2nccc(Oc3ccc(CC(=O)c4cn(C)c(CF)c(-c5ccc(F)cc5)c4=O)cc3)c2nc1OC. The van der Waals surface area contributed by atoms with Crippen molar-refractivity contribution in [1.29, 1.82) is 0 Å². The number of nitrogens with zero attached hydrogens (tertiary/aromatic N) is 3. The lowest BCUT2D eigenvalue weighted by Gasteiger charge is -2.14. The third kappa shape index (κ3) is 5.49. The van der Waals surface area contributed by atoms with Crippen LogP contribution in [0.5, 0.6) is 23.1 Å². The molecule has 5 rings (SSSR count). The van der Waals surface area contributed by atoms with Gasteiger partial charge in [0.25, 0.3) is 5.88 Å². The summed E-state index contributed by atoms with van der Waals surface area (Å²) >= 11 is 0. The summed E-state index contributed by atoms with van der Waals surface area (Å²) in [6, 6.07) is 15.4. The second-order valence-corrected chi connectivity index (χ2v) is 9.17. The molecule has 0 aliphatic heterocycles. The number of ketones is 1. The Balaban J connectivity index is 1.39. The molecule has 3 heterocycles. The monoisotopic (exact) mass is 557 g/mol. The molecule has 5 aromatic rings. The summed E-state index contributed by atoms with van der Waals surface area (Å²) in [5.74, 6) is 0.757. The number of aromatic nitrogens is 3. The Hall–Kier alpha value is -5.12. The second-order valence-electron chi connectivity index (χ2n) is 9.17. The molecule has 0 fully saturated rings. The van der Waals surface area contributed by atoms with Crippen LogP contribution in [0, 0.1) is 5.82 Å². The number of carbonyl (C=O) groups excluding carboxylic acids is 1. The number of hydrogen-bond acceptors (Lipinski definition) is 7. The molecule has 41 heavy (non-hydrogen) atoms. The maximum Gasteiger partial charge on any atom is 0.257 e.